The van der Waals surface area contributed by atoms with Crippen LogP contribution in [0.4, 0.5) is 10.8 Å². The Morgan fingerprint density at radius 1 is 1.00 bits per heavy atom. The smallest absolute Gasteiger partial charge is 0.305 e. The first-order chi connectivity index (χ1) is 16.9. The second kappa shape index (κ2) is 11.7. The number of thiazole rings is 1. The van der Waals surface area contributed by atoms with Gasteiger partial charge in [-0.15, -0.1) is 11.3 Å². The summed E-state index contributed by atoms with van der Waals surface area (Å²) in [7, 11) is 0. The maximum absolute atomic E-state index is 12.3. The molecule has 1 heterocycles. The number of carboxylic acid groups (broad SMARTS) is 1. The third kappa shape index (κ3) is 6.81. The van der Waals surface area contributed by atoms with E-state index in [2.05, 4.69) is 57.1 Å². The van der Waals surface area contributed by atoms with Crippen molar-refractivity contribution in [1.82, 2.24) is 10.3 Å². The molecule has 9 heteroatoms. The van der Waals surface area contributed by atoms with E-state index in [1.165, 1.54) is 0 Å². The maximum atomic E-state index is 12.3. The number of aliphatic carboxylic acids is 1. The molecular formula is C26H21ClIN3O3S. The summed E-state index contributed by atoms with van der Waals surface area (Å²) in [5.41, 5.74) is 4.38. The fraction of sp³-hybridized carbons (Fsp3) is 0.115. The molecular weight excluding hydrogens is 597 g/mol. The highest BCUT2D eigenvalue weighted by molar-refractivity contribution is 14.1. The Hall–Kier alpha value is -2.95. The van der Waals surface area contributed by atoms with Crippen molar-refractivity contribution < 1.29 is 14.7 Å². The van der Waals surface area contributed by atoms with Crippen molar-refractivity contribution in [3.05, 3.63) is 97.9 Å². The number of nitrogens with zero attached hydrogens (tertiary/aromatic N) is 2. The summed E-state index contributed by atoms with van der Waals surface area (Å²) in [6, 6.07) is 23.2. The summed E-state index contributed by atoms with van der Waals surface area (Å²) < 4.78 is 1.14. The number of hydrogen-bond acceptors (Lipinski definition) is 5. The van der Waals surface area contributed by atoms with Gasteiger partial charge in [0.25, 0.3) is 5.91 Å². The van der Waals surface area contributed by atoms with Crippen LogP contribution in [0.2, 0.25) is 5.02 Å². The zero-order valence-corrected chi connectivity index (χ0v) is 22.2. The number of nitrogens with one attached hydrogen (secondary N) is 1. The number of benzene rings is 3. The highest BCUT2D eigenvalue weighted by atomic mass is 127. The van der Waals surface area contributed by atoms with Crippen LogP contribution in [0, 0.1) is 3.57 Å². The van der Waals surface area contributed by atoms with Crippen LogP contribution in [-0.2, 0) is 11.3 Å². The topological polar surface area (TPSA) is 82.5 Å². The molecule has 0 saturated carbocycles. The van der Waals surface area contributed by atoms with Crippen molar-refractivity contribution in [2.75, 3.05) is 11.4 Å². The molecule has 4 aromatic rings. The number of amides is 1. The lowest BCUT2D eigenvalue weighted by molar-refractivity contribution is -0.136. The standard InChI is InChI=1S/C26H21ClIN3O3S/c27-20-7-5-18(6-8-20)23-16-35-26(30-23)31(22-11-9-21(28)10-12-22)15-17-1-3-19(4-2-17)25(34)29-14-13-24(32)33/h1-12,16H,13-15H2,(H,29,34)(H,32,33). The number of carbonyl (C=O) groups excluding carboxylic acids is 1. The van der Waals surface area contributed by atoms with E-state index >= 15 is 0 Å². The first-order valence-corrected chi connectivity index (χ1v) is 13.1. The summed E-state index contributed by atoms with van der Waals surface area (Å²) in [6.45, 7) is 0.658. The van der Waals surface area contributed by atoms with Crippen molar-refractivity contribution in [2.45, 2.75) is 13.0 Å². The minimum absolute atomic E-state index is 0.0938. The molecule has 35 heavy (non-hydrogen) atoms. The first-order valence-electron chi connectivity index (χ1n) is 10.7. The number of aromatic nitrogens is 1. The van der Waals surface area contributed by atoms with Gasteiger partial charge in [0.2, 0.25) is 0 Å². The number of anilines is 2. The van der Waals surface area contributed by atoms with E-state index < -0.39 is 5.97 Å². The van der Waals surface area contributed by atoms with E-state index in [9.17, 15) is 9.59 Å². The molecule has 0 spiro atoms. The molecule has 0 radical (unpaired) electrons. The minimum Gasteiger partial charge on any atom is -0.481 e. The van der Waals surface area contributed by atoms with Crippen molar-refractivity contribution in [3.8, 4) is 11.3 Å². The molecule has 0 aliphatic carbocycles. The Labute approximate surface area is 225 Å². The predicted molar refractivity (Wildman–Crippen MR) is 149 cm³/mol. The molecule has 1 amide bonds. The molecule has 0 saturated heterocycles. The van der Waals surface area contributed by atoms with Gasteiger partial charge >= 0.3 is 5.97 Å². The lowest BCUT2D eigenvalue weighted by Gasteiger charge is -2.22. The Balaban J connectivity index is 1.55. The lowest BCUT2D eigenvalue weighted by atomic mass is 10.1. The van der Waals surface area contributed by atoms with Gasteiger partial charge < -0.3 is 15.3 Å². The minimum atomic E-state index is -0.947. The van der Waals surface area contributed by atoms with Crippen molar-refractivity contribution in [3.63, 3.8) is 0 Å². The van der Waals surface area contributed by atoms with Gasteiger partial charge in [0.15, 0.2) is 5.13 Å². The summed E-state index contributed by atoms with van der Waals surface area (Å²) in [4.78, 5) is 29.9. The molecule has 0 fully saturated rings. The summed E-state index contributed by atoms with van der Waals surface area (Å²) in [5, 5.41) is 14.9. The predicted octanol–water partition coefficient (Wildman–Crippen LogP) is 6.61. The normalized spacial score (nSPS) is 10.7. The van der Waals surface area contributed by atoms with Gasteiger partial charge in [-0.05, 0) is 76.7 Å². The number of carboxylic acids is 1. The molecule has 0 atom stereocenters. The number of carbonyl (C=O) groups is 2. The zero-order valence-electron chi connectivity index (χ0n) is 18.4. The Kier molecular flexibility index (Phi) is 8.37. The molecule has 2 N–H and O–H groups in total. The van der Waals surface area contributed by atoms with Crippen LogP contribution in [0.3, 0.4) is 0 Å². The average Bonchev–Trinajstić information content (AvgIpc) is 3.34. The van der Waals surface area contributed by atoms with Gasteiger partial charge in [-0.2, -0.15) is 0 Å². The average molecular weight is 618 g/mol. The van der Waals surface area contributed by atoms with Crippen LogP contribution >= 0.6 is 45.5 Å². The number of hydrogen-bond donors (Lipinski definition) is 2. The first kappa shape index (κ1) is 25.2. The van der Waals surface area contributed by atoms with Crippen molar-refractivity contribution in [2.24, 2.45) is 0 Å². The van der Waals surface area contributed by atoms with Crippen LogP contribution in [0.15, 0.2) is 78.2 Å². The second-order valence-corrected chi connectivity index (χ2v) is 10.2. The summed E-state index contributed by atoms with van der Waals surface area (Å²) in [5.74, 6) is -1.24. The van der Waals surface area contributed by atoms with E-state index in [-0.39, 0.29) is 18.9 Å². The highest BCUT2D eigenvalue weighted by Gasteiger charge is 2.16. The summed E-state index contributed by atoms with van der Waals surface area (Å²) in [6.07, 6.45) is -0.110. The van der Waals surface area contributed by atoms with Crippen LogP contribution in [0.1, 0.15) is 22.3 Å². The molecule has 4 rings (SSSR count). The Bertz CT molecular complexity index is 1310. The molecule has 0 bridgehead atoms. The molecule has 3 aromatic carbocycles. The van der Waals surface area contributed by atoms with Crippen LogP contribution in [0.5, 0.6) is 0 Å². The van der Waals surface area contributed by atoms with Gasteiger partial charge in [0, 0.05) is 37.3 Å². The highest BCUT2D eigenvalue weighted by Crippen LogP contribution is 2.34. The van der Waals surface area contributed by atoms with Crippen LogP contribution in [-0.4, -0.2) is 28.5 Å². The Morgan fingerprint density at radius 2 is 1.69 bits per heavy atom. The SMILES string of the molecule is O=C(O)CCNC(=O)c1ccc(CN(c2ccc(I)cc2)c2nc(-c3ccc(Cl)cc3)cs2)cc1. The van der Waals surface area contributed by atoms with Crippen molar-refractivity contribution in [1.29, 1.82) is 0 Å². The maximum Gasteiger partial charge on any atom is 0.305 e. The van der Waals surface area contributed by atoms with Gasteiger partial charge in [-0.3, -0.25) is 9.59 Å². The molecule has 1 aromatic heterocycles. The van der Waals surface area contributed by atoms with Crippen LogP contribution < -0.4 is 10.2 Å². The van der Waals surface area contributed by atoms with E-state index in [1.807, 2.05) is 41.8 Å². The van der Waals surface area contributed by atoms with Gasteiger partial charge in [0.1, 0.15) is 0 Å². The third-order valence-corrected chi connectivity index (χ3v) is 7.02. The summed E-state index contributed by atoms with van der Waals surface area (Å²) >= 11 is 9.88. The van der Waals surface area contributed by atoms with E-state index in [4.69, 9.17) is 21.7 Å². The molecule has 6 nitrogen and oxygen atoms in total. The van der Waals surface area contributed by atoms with Crippen molar-refractivity contribution >= 4 is 68.2 Å². The quantitative estimate of drug-likeness (QED) is 0.207. The number of halogens is 2. The van der Waals surface area contributed by atoms with E-state index in [0.717, 1.165) is 31.2 Å². The number of rotatable bonds is 9. The zero-order chi connectivity index (χ0) is 24.8. The fourth-order valence-corrected chi connectivity index (χ4v) is 4.70. The Morgan fingerprint density at radius 3 is 2.34 bits per heavy atom. The molecule has 0 aliphatic rings. The fourth-order valence-electron chi connectivity index (χ4n) is 3.36. The van der Waals surface area contributed by atoms with Gasteiger partial charge in [-0.1, -0.05) is 35.9 Å². The second-order valence-electron chi connectivity index (χ2n) is 7.68. The molecule has 0 unspecified atom stereocenters. The lowest BCUT2D eigenvalue weighted by Crippen LogP contribution is -2.26. The van der Waals surface area contributed by atoms with E-state index in [0.29, 0.717) is 17.1 Å². The monoisotopic (exact) mass is 617 g/mol. The van der Waals surface area contributed by atoms with Crippen LogP contribution in [0.25, 0.3) is 11.3 Å². The van der Waals surface area contributed by atoms with E-state index in [1.54, 1.807) is 23.5 Å². The third-order valence-electron chi connectivity index (χ3n) is 5.18. The largest absolute Gasteiger partial charge is 0.481 e. The van der Waals surface area contributed by atoms with Gasteiger partial charge in [0.05, 0.1) is 18.7 Å². The van der Waals surface area contributed by atoms with Gasteiger partial charge in [-0.25, -0.2) is 4.98 Å². The molecule has 0 aliphatic heterocycles. The molecule has 178 valence electrons.